The van der Waals surface area contributed by atoms with Crippen LogP contribution in [0.1, 0.15) is 283 Å². The Morgan fingerprint density at radius 1 is 0.365 bits per heavy atom. The van der Waals surface area contributed by atoms with E-state index in [1.165, 1.54) is 231 Å². The van der Waals surface area contributed by atoms with E-state index >= 15 is 0 Å². The fourth-order valence-electron chi connectivity index (χ4n) is 8.82. The highest BCUT2D eigenvalue weighted by molar-refractivity contribution is 5.71. The van der Waals surface area contributed by atoms with Crippen LogP contribution < -0.4 is 9.47 Å². The minimum absolute atomic E-state index is 0.0278. The number of benzene rings is 1. The highest BCUT2D eigenvalue weighted by Gasteiger charge is 2.24. The second kappa shape index (κ2) is 44.6. The molecule has 0 aliphatic heterocycles. The van der Waals surface area contributed by atoms with Crippen molar-refractivity contribution in [3.8, 4) is 11.5 Å². The van der Waals surface area contributed by atoms with Gasteiger partial charge < -0.3 is 19.7 Å². The third-order valence-electron chi connectivity index (χ3n) is 12.8. The molecule has 8 heteroatoms. The summed E-state index contributed by atoms with van der Waals surface area (Å²) in [6.07, 6.45) is 51.3. The number of hydrogen-bond acceptors (Lipinski definition) is 4. The SMILES string of the molecule is CCCCCCCCCCCCCCCCCCCCCCOc1cc(CN(C(=O)O)N(CC)C(=O)O)cc(OCCCCCCCCCCCCCCCCCCCCCC)c1. The smallest absolute Gasteiger partial charge is 0.426 e. The maximum Gasteiger partial charge on any atom is 0.426 e. The first-order chi connectivity index (χ1) is 30.9. The van der Waals surface area contributed by atoms with E-state index in [1.54, 1.807) is 6.92 Å². The van der Waals surface area contributed by atoms with Gasteiger partial charge in [0, 0.05) is 12.6 Å². The Labute approximate surface area is 389 Å². The van der Waals surface area contributed by atoms with Gasteiger partial charge in [0.2, 0.25) is 0 Å². The molecule has 0 aromatic heterocycles. The number of unbranched alkanes of at least 4 members (excludes halogenated alkanes) is 38. The van der Waals surface area contributed by atoms with E-state index in [2.05, 4.69) is 13.8 Å². The lowest BCUT2D eigenvalue weighted by Crippen LogP contribution is -2.48. The van der Waals surface area contributed by atoms with Crippen molar-refractivity contribution in [2.75, 3.05) is 19.8 Å². The molecule has 0 fully saturated rings. The van der Waals surface area contributed by atoms with Crippen molar-refractivity contribution < 1.29 is 29.3 Å². The summed E-state index contributed by atoms with van der Waals surface area (Å²) in [5, 5.41) is 21.1. The Bertz CT molecular complexity index is 1100. The van der Waals surface area contributed by atoms with E-state index in [0.717, 1.165) is 35.7 Å². The van der Waals surface area contributed by atoms with Gasteiger partial charge in [-0.15, -0.1) is 0 Å². The van der Waals surface area contributed by atoms with Gasteiger partial charge in [-0.05, 0) is 37.5 Å². The van der Waals surface area contributed by atoms with Crippen LogP contribution in [0.15, 0.2) is 18.2 Å². The zero-order chi connectivity index (χ0) is 45.7. The number of carbonyl (C=O) groups is 2. The summed E-state index contributed by atoms with van der Waals surface area (Å²) in [6.45, 7) is 7.28. The minimum Gasteiger partial charge on any atom is -0.493 e. The maximum absolute atomic E-state index is 12.1. The zero-order valence-electron chi connectivity index (χ0n) is 41.8. The summed E-state index contributed by atoms with van der Waals surface area (Å²) in [6, 6.07) is 5.51. The Balaban J connectivity index is 2.27. The van der Waals surface area contributed by atoms with E-state index < -0.39 is 12.2 Å². The highest BCUT2D eigenvalue weighted by Crippen LogP contribution is 2.26. The van der Waals surface area contributed by atoms with Crippen molar-refractivity contribution in [1.29, 1.82) is 0 Å². The van der Waals surface area contributed by atoms with Crippen molar-refractivity contribution in [2.24, 2.45) is 0 Å². The molecule has 0 aliphatic carbocycles. The molecule has 368 valence electrons. The van der Waals surface area contributed by atoms with Crippen molar-refractivity contribution in [2.45, 2.75) is 284 Å². The minimum atomic E-state index is -1.32. The van der Waals surface area contributed by atoms with Crippen LogP contribution in [0.25, 0.3) is 0 Å². The van der Waals surface area contributed by atoms with Crippen LogP contribution in [0.3, 0.4) is 0 Å². The normalized spacial score (nSPS) is 11.3. The first-order valence-electron chi connectivity index (χ1n) is 27.3. The molecule has 1 rings (SSSR count). The third kappa shape index (κ3) is 36.3. The fourth-order valence-corrected chi connectivity index (χ4v) is 8.82. The summed E-state index contributed by atoms with van der Waals surface area (Å²) < 4.78 is 12.3. The van der Waals surface area contributed by atoms with Crippen molar-refractivity contribution >= 4 is 12.2 Å². The van der Waals surface area contributed by atoms with Crippen LogP contribution in [-0.2, 0) is 6.54 Å². The predicted molar refractivity (Wildman–Crippen MR) is 267 cm³/mol. The molecule has 0 radical (unpaired) electrons. The number of amides is 2. The lowest BCUT2D eigenvalue weighted by Gasteiger charge is -2.29. The zero-order valence-corrected chi connectivity index (χ0v) is 41.8. The van der Waals surface area contributed by atoms with Crippen LogP contribution >= 0.6 is 0 Å². The van der Waals surface area contributed by atoms with Crippen LogP contribution in [0.2, 0.25) is 0 Å². The van der Waals surface area contributed by atoms with E-state index in [-0.39, 0.29) is 13.1 Å². The number of carboxylic acid groups (broad SMARTS) is 2. The summed E-state index contributed by atoms with van der Waals surface area (Å²) in [5.41, 5.74) is 0.636. The van der Waals surface area contributed by atoms with Crippen LogP contribution in [0.4, 0.5) is 9.59 Å². The quantitative estimate of drug-likeness (QED) is 0.0500. The molecule has 0 heterocycles. The van der Waals surface area contributed by atoms with Gasteiger partial charge in [-0.1, -0.05) is 258 Å². The lowest BCUT2D eigenvalue weighted by molar-refractivity contribution is -0.000920. The van der Waals surface area contributed by atoms with E-state index in [1.807, 2.05) is 18.2 Å². The van der Waals surface area contributed by atoms with E-state index in [4.69, 9.17) is 9.47 Å². The second-order valence-electron chi connectivity index (χ2n) is 18.8. The Kier molecular flexibility index (Phi) is 41.3. The first kappa shape index (κ1) is 58.4. The van der Waals surface area contributed by atoms with Gasteiger partial charge in [0.1, 0.15) is 11.5 Å². The monoisotopic (exact) mass is 887 g/mol. The molecule has 0 atom stereocenters. The van der Waals surface area contributed by atoms with Gasteiger partial charge in [-0.25, -0.2) is 19.6 Å². The molecule has 2 N–H and O–H groups in total. The van der Waals surface area contributed by atoms with Gasteiger partial charge in [-0.3, -0.25) is 0 Å². The molecule has 0 aliphatic rings. The number of ether oxygens (including phenoxy) is 2. The molecule has 1 aromatic carbocycles. The third-order valence-corrected chi connectivity index (χ3v) is 12.8. The molecule has 0 bridgehead atoms. The second-order valence-corrected chi connectivity index (χ2v) is 18.8. The van der Waals surface area contributed by atoms with E-state index in [9.17, 15) is 19.8 Å². The molecule has 63 heavy (non-hydrogen) atoms. The summed E-state index contributed by atoms with van der Waals surface area (Å²) in [4.78, 5) is 23.9. The largest absolute Gasteiger partial charge is 0.493 e. The number of rotatable bonds is 47. The molecule has 0 spiro atoms. The standard InChI is InChI=1S/C55H102N2O6/c1-4-7-9-11-13-15-17-19-21-23-25-27-29-31-33-35-37-39-41-43-45-62-52-47-51(50-57(55(60)61)56(6-3)54(58)59)48-53(49-52)63-46-44-42-40-38-36-34-32-30-28-26-24-22-20-18-16-14-12-10-8-5-2/h47-49H,4-46,50H2,1-3H3,(H,58,59)(H,60,61). The fraction of sp³-hybridized carbons (Fsp3) is 0.855. The van der Waals surface area contributed by atoms with Gasteiger partial charge in [0.25, 0.3) is 0 Å². The Morgan fingerprint density at radius 2 is 0.603 bits per heavy atom. The maximum atomic E-state index is 12.1. The molecular formula is C55H102N2O6. The molecular weight excluding hydrogens is 785 g/mol. The lowest BCUT2D eigenvalue weighted by atomic mass is 10.0. The van der Waals surface area contributed by atoms with Gasteiger partial charge >= 0.3 is 12.2 Å². The Morgan fingerprint density at radius 3 is 0.825 bits per heavy atom. The number of nitrogens with zero attached hydrogens (tertiary/aromatic N) is 2. The summed E-state index contributed by atoms with van der Waals surface area (Å²) in [5.74, 6) is 1.26. The first-order valence-corrected chi connectivity index (χ1v) is 27.3. The summed E-state index contributed by atoms with van der Waals surface area (Å²) >= 11 is 0. The van der Waals surface area contributed by atoms with Crippen molar-refractivity contribution in [3.63, 3.8) is 0 Å². The predicted octanol–water partition coefficient (Wildman–Crippen LogP) is 18.5. The highest BCUT2D eigenvalue weighted by atomic mass is 16.5. The van der Waals surface area contributed by atoms with Crippen molar-refractivity contribution in [1.82, 2.24) is 10.0 Å². The Hall–Kier alpha value is -2.64. The van der Waals surface area contributed by atoms with Crippen molar-refractivity contribution in [3.05, 3.63) is 23.8 Å². The van der Waals surface area contributed by atoms with E-state index in [0.29, 0.717) is 30.3 Å². The topological polar surface area (TPSA) is 99.5 Å². The molecule has 0 unspecified atom stereocenters. The van der Waals surface area contributed by atoms with Gasteiger partial charge in [0.05, 0.1) is 19.8 Å². The average molecular weight is 887 g/mol. The molecule has 2 amide bonds. The van der Waals surface area contributed by atoms with Crippen LogP contribution in [0.5, 0.6) is 11.5 Å². The number of hydrogen-bond donors (Lipinski definition) is 2. The average Bonchev–Trinajstić information content (AvgIpc) is 3.27. The van der Waals surface area contributed by atoms with Gasteiger partial charge in [0.15, 0.2) is 0 Å². The van der Waals surface area contributed by atoms with Crippen LogP contribution in [-0.4, -0.2) is 52.2 Å². The van der Waals surface area contributed by atoms with Gasteiger partial charge in [-0.2, -0.15) is 0 Å². The summed E-state index contributed by atoms with van der Waals surface area (Å²) in [7, 11) is 0. The molecule has 8 nitrogen and oxygen atoms in total. The molecule has 0 saturated carbocycles. The van der Waals surface area contributed by atoms with Crippen LogP contribution in [0, 0.1) is 0 Å². The molecule has 1 aromatic rings. The number of hydrazine groups is 1. The molecule has 0 saturated heterocycles.